The third-order valence-electron chi connectivity index (χ3n) is 5.05. The molecule has 0 aromatic carbocycles. The van der Waals surface area contributed by atoms with Crippen molar-refractivity contribution >= 4 is 33.3 Å². The summed E-state index contributed by atoms with van der Waals surface area (Å²) in [5.74, 6) is 1.61. The molecule has 5 nitrogen and oxygen atoms in total. The maximum atomic E-state index is 12.7. The summed E-state index contributed by atoms with van der Waals surface area (Å²) in [6, 6.07) is 2.10. The van der Waals surface area contributed by atoms with Gasteiger partial charge in [0.15, 0.2) is 0 Å². The number of thiophene rings is 1. The molecule has 6 heteroatoms. The van der Waals surface area contributed by atoms with E-state index >= 15 is 0 Å². The van der Waals surface area contributed by atoms with Crippen LogP contribution in [0.3, 0.4) is 0 Å². The number of fused-ring (bicyclic) bond motifs is 1. The van der Waals surface area contributed by atoms with Crippen molar-refractivity contribution < 1.29 is 4.79 Å². The molecule has 2 aliphatic heterocycles. The molecule has 0 aliphatic carbocycles. The number of piperidine rings is 2. The van der Waals surface area contributed by atoms with Gasteiger partial charge in [-0.05, 0) is 43.6 Å². The van der Waals surface area contributed by atoms with Crippen molar-refractivity contribution in [3.8, 4) is 0 Å². The van der Waals surface area contributed by atoms with Gasteiger partial charge < -0.3 is 9.80 Å². The molecule has 0 radical (unpaired) electrons. The van der Waals surface area contributed by atoms with E-state index in [4.69, 9.17) is 0 Å². The summed E-state index contributed by atoms with van der Waals surface area (Å²) in [5, 5.41) is 3.20. The molecule has 2 aromatic heterocycles. The lowest BCUT2D eigenvalue weighted by atomic mass is 9.94. The smallest absolute Gasteiger partial charge is 0.225 e. The lowest BCUT2D eigenvalue weighted by Gasteiger charge is -2.36. The van der Waals surface area contributed by atoms with Crippen LogP contribution < -0.4 is 4.90 Å². The lowest BCUT2D eigenvalue weighted by molar-refractivity contribution is -0.137. The highest BCUT2D eigenvalue weighted by Crippen LogP contribution is 2.30. The zero-order chi connectivity index (χ0) is 15.6. The van der Waals surface area contributed by atoms with Gasteiger partial charge in [-0.15, -0.1) is 11.3 Å². The molecule has 0 N–H and O–H groups in total. The highest BCUT2D eigenvalue weighted by Gasteiger charge is 2.30. The SMILES string of the molecule is O=C(C1CCN(c2ncnc3sccc23)CC1)N1CCCCC1. The fourth-order valence-corrected chi connectivity index (χ4v) is 4.47. The summed E-state index contributed by atoms with van der Waals surface area (Å²) < 4.78 is 0. The Hall–Kier alpha value is -1.69. The number of aromatic nitrogens is 2. The first kappa shape index (κ1) is 14.9. The maximum absolute atomic E-state index is 12.7. The predicted molar refractivity (Wildman–Crippen MR) is 92.8 cm³/mol. The van der Waals surface area contributed by atoms with E-state index in [1.165, 1.54) is 19.3 Å². The van der Waals surface area contributed by atoms with Crippen LogP contribution in [0.5, 0.6) is 0 Å². The standard InChI is InChI=1S/C17H22N4OS/c22-17(21-7-2-1-3-8-21)13-4-9-20(10-5-13)15-14-6-11-23-16(14)19-12-18-15/h6,11-13H,1-5,7-10H2. The van der Waals surface area contributed by atoms with Crippen molar-refractivity contribution in [2.45, 2.75) is 32.1 Å². The molecular formula is C17H22N4OS. The highest BCUT2D eigenvalue weighted by atomic mass is 32.1. The largest absolute Gasteiger partial charge is 0.356 e. The van der Waals surface area contributed by atoms with Crippen LogP contribution in [0.15, 0.2) is 17.8 Å². The molecule has 0 atom stereocenters. The highest BCUT2D eigenvalue weighted by molar-refractivity contribution is 7.16. The monoisotopic (exact) mass is 330 g/mol. The van der Waals surface area contributed by atoms with Crippen LogP contribution in [-0.4, -0.2) is 47.0 Å². The molecule has 122 valence electrons. The predicted octanol–water partition coefficient (Wildman–Crippen LogP) is 2.92. The van der Waals surface area contributed by atoms with Crippen LogP contribution in [0.25, 0.3) is 10.2 Å². The molecule has 2 aliphatic rings. The van der Waals surface area contributed by atoms with Crippen LogP contribution in [0.4, 0.5) is 5.82 Å². The summed E-state index contributed by atoms with van der Waals surface area (Å²) in [5.41, 5.74) is 0. The number of amides is 1. The fourth-order valence-electron chi connectivity index (χ4n) is 3.74. The minimum Gasteiger partial charge on any atom is -0.356 e. The molecule has 4 heterocycles. The number of hydrogen-bond acceptors (Lipinski definition) is 5. The van der Waals surface area contributed by atoms with E-state index in [-0.39, 0.29) is 5.92 Å². The average Bonchev–Trinajstić information content (AvgIpc) is 3.11. The molecule has 1 amide bonds. The van der Waals surface area contributed by atoms with Crippen molar-refractivity contribution in [3.63, 3.8) is 0 Å². The number of rotatable bonds is 2. The maximum Gasteiger partial charge on any atom is 0.225 e. The number of nitrogens with zero attached hydrogens (tertiary/aromatic N) is 4. The Balaban J connectivity index is 1.42. The van der Waals surface area contributed by atoms with Crippen molar-refractivity contribution in [3.05, 3.63) is 17.8 Å². The van der Waals surface area contributed by atoms with Gasteiger partial charge in [0.25, 0.3) is 0 Å². The van der Waals surface area contributed by atoms with Gasteiger partial charge in [-0.3, -0.25) is 4.79 Å². The number of anilines is 1. The molecule has 0 saturated carbocycles. The van der Waals surface area contributed by atoms with E-state index in [9.17, 15) is 4.79 Å². The molecule has 2 fully saturated rings. The molecule has 4 rings (SSSR count). The van der Waals surface area contributed by atoms with Gasteiger partial charge in [-0.25, -0.2) is 9.97 Å². The summed E-state index contributed by atoms with van der Waals surface area (Å²) in [6.45, 7) is 3.74. The first-order valence-electron chi connectivity index (χ1n) is 8.55. The first-order valence-corrected chi connectivity index (χ1v) is 9.43. The van der Waals surface area contributed by atoms with Gasteiger partial charge in [0, 0.05) is 32.1 Å². The number of carbonyl (C=O) groups is 1. The van der Waals surface area contributed by atoms with E-state index in [2.05, 4.69) is 31.2 Å². The average molecular weight is 330 g/mol. The summed E-state index contributed by atoms with van der Waals surface area (Å²) >= 11 is 1.65. The van der Waals surface area contributed by atoms with Gasteiger partial charge in [0.1, 0.15) is 17.0 Å². The van der Waals surface area contributed by atoms with Gasteiger partial charge in [0.05, 0.1) is 5.39 Å². The lowest BCUT2D eigenvalue weighted by Crippen LogP contribution is -2.44. The van der Waals surface area contributed by atoms with E-state index in [0.717, 1.165) is 55.1 Å². The van der Waals surface area contributed by atoms with Crippen LogP contribution in [-0.2, 0) is 4.79 Å². The van der Waals surface area contributed by atoms with Gasteiger partial charge in [-0.1, -0.05) is 0 Å². The van der Waals surface area contributed by atoms with E-state index < -0.39 is 0 Å². The minimum atomic E-state index is 0.198. The zero-order valence-corrected chi connectivity index (χ0v) is 14.1. The van der Waals surface area contributed by atoms with E-state index in [1.807, 2.05) is 0 Å². The van der Waals surface area contributed by atoms with E-state index in [0.29, 0.717) is 5.91 Å². The molecule has 0 bridgehead atoms. The van der Waals surface area contributed by atoms with Crippen LogP contribution in [0.1, 0.15) is 32.1 Å². The second-order valence-electron chi connectivity index (χ2n) is 6.48. The Morgan fingerprint density at radius 2 is 1.87 bits per heavy atom. The van der Waals surface area contributed by atoms with Gasteiger partial charge in [0.2, 0.25) is 5.91 Å². The Bertz CT molecular complexity index is 687. The fraction of sp³-hybridized carbons (Fsp3) is 0.588. The Labute approximate surface area is 140 Å². The first-order chi connectivity index (χ1) is 11.3. The summed E-state index contributed by atoms with van der Waals surface area (Å²) in [7, 11) is 0. The number of carbonyl (C=O) groups excluding carboxylic acids is 1. The molecule has 2 aromatic rings. The normalized spacial score (nSPS) is 20.2. The van der Waals surface area contributed by atoms with Crippen molar-refractivity contribution in [1.29, 1.82) is 0 Å². The second-order valence-corrected chi connectivity index (χ2v) is 7.38. The van der Waals surface area contributed by atoms with Crippen molar-refractivity contribution in [2.75, 3.05) is 31.1 Å². The molecule has 0 spiro atoms. The summed E-state index contributed by atoms with van der Waals surface area (Å²) in [6.07, 6.45) is 7.13. The van der Waals surface area contributed by atoms with Crippen LogP contribution >= 0.6 is 11.3 Å². The Kier molecular flexibility index (Phi) is 4.16. The van der Waals surface area contributed by atoms with Crippen LogP contribution in [0.2, 0.25) is 0 Å². The minimum absolute atomic E-state index is 0.198. The van der Waals surface area contributed by atoms with Gasteiger partial charge >= 0.3 is 0 Å². The van der Waals surface area contributed by atoms with Crippen LogP contribution in [0, 0.1) is 5.92 Å². The van der Waals surface area contributed by atoms with Gasteiger partial charge in [-0.2, -0.15) is 0 Å². The topological polar surface area (TPSA) is 49.3 Å². The Morgan fingerprint density at radius 1 is 1.09 bits per heavy atom. The number of likely N-dealkylation sites (tertiary alicyclic amines) is 1. The quantitative estimate of drug-likeness (QED) is 0.849. The zero-order valence-electron chi connectivity index (χ0n) is 13.3. The third kappa shape index (κ3) is 2.92. The molecule has 23 heavy (non-hydrogen) atoms. The Morgan fingerprint density at radius 3 is 2.65 bits per heavy atom. The molecule has 0 unspecified atom stereocenters. The number of hydrogen-bond donors (Lipinski definition) is 0. The summed E-state index contributed by atoms with van der Waals surface area (Å²) in [4.78, 5) is 26.9. The second kappa shape index (κ2) is 6.43. The third-order valence-corrected chi connectivity index (χ3v) is 5.87. The van der Waals surface area contributed by atoms with Crippen molar-refractivity contribution in [2.24, 2.45) is 5.92 Å². The van der Waals surface area contributed by atoms with Crippen molar-refractivity contribution in [1.82, 2.24) is 14.9 Å². The molecular weight excluding hydrogens is 308 g/mol. The molecule has 2 saturated heterocycles. The van der Waals surface area contributed by atoms with E-state index in [1.54, 1.807) is 17.7 Å².